The van der Waals surface area contributed by atoms with Crippen molar-refractivity contribution in [3.05, 3.63) is 124 Å². The molecule has 3 aromatic heterocycles. The normalized spacial score (nSPS) is 32.0. The summed E-state index contributed by atoms with van der Waals surface area (Å²) in [6.45, 7) is 35.0. The highest BCUT2D eigenvalue weighted by Crippen LogP contribution is 2.37. The summed E-state index contributed by atoms with van der Waals surface area (Å²) in [5.74, 6) is -6.11. The van der Waals surface area contributed by atoms with Gasteiger partial charge >= 0.3 is 24.1 Å². The Labute approximate surface area is 631 Å². The van der Waals surface area contributed by atoms with E-state index < -0.39 is 143 Å². The third-order valence-electron chi connectivity index (χ3n) is 20.5. The number of carbonyl (C=O) groups excluding carboxylic acids is 6. The van der Waals surface area contributed by atoms with Crippen LogP contribution in [0.2, 0.25) is 0 Å². The van der Waals surface area contributed by atoms with Crippen LogP contribution in [0.5, 0.6) is 0 Å². The molecule has 105 heavy (non-hydrogen) atoms. The van der Waals surface area contributed by atoms with Crippen LogP contribution in [-0.4, -0.2) is 142 Å². The molecule has 0 saturated heterocycles. The van der Waals surface area contributed by atoms with Gasteiger partial charge in [0.15, 0.2) is 0 Å². The molecule has 3 aliphatic rings. The second-order valence-electron chi connectivity index (χ2n) is 30.6. The number of allylic oxidation sites excluding steroid dienone is 5. The highest BCUT2D eigenvalue weighted by atomic mass is 32.1. The van der Waals surface area contributed by atoms with Crippen LogP contribution in [-0.2, 0) is 43.0 Å². The van der Waals surface area contributed by atoms with E-state index in [2.05, 4.69) is 28.0 Å². The molecule has 0 amide bonds. The Morgan fingerprint density at radius 1 is 0.486 bits per heavy atom. The first-order valence-electron chi connectivity index (χ1n) is 36.2. The van der Waals surface area contributed by atoms with Gasteiger partial charge in [0, 0.05) is 70.6 Å². The maximum absolute atomic E-state index is 13.8. The minimum atomic E-state index is -4.61. The maximum Gasteiger partial charge on any atom is 0.412 e. The minimum Gasteiger partial charge on any atom is -0.457 e. The van der Waals surface area contributed by atoms with E-state index >= 15 is 0 Å². The van der Waals surface area contributed by atoms with Gasteiger partial charge < -0.3 is 44.8 Å². The fourth-order valence-electron chi connectivity index (χ4n) is 12.6. The molecule has 0 aromatic carbocycles. The van der Waals surface area contributed by atoms with Gasteiger partial charge in [0.1, 0.15) is 35.7 Å². The van der Waals surface area contributed by atoms with Gasteiger partial charge in [-0.25, -0.2) is 15.0 Å². The zero-order valence-corrected chi connectivity index (χ0v) is 67.5. The topological polar surface area (TPSA) is 290 Å². The molecule has 6 rings (SSSR count). The van der Waals surface area contributed by atoms with Gasteiger partial charge in [0.2, 0.25) is 0 Å². The van der Waals surface area contributed by atoms with E-state index in [0.717, 1.165) is 68.5 Å². The third kappa shape index (κ3) is 27.8. The van der Waals surface area contributed by atoms with Crippen LogP contribution < -0.4 is 0 Å². The Morgan fingerprint density at radius 3 is 1.12 bits per heavy atom. The van der Waals surface area contributed by atoms with Crippen molar-refractivity contribution in [2.75, 3.05) is 0 Å². The molecule has 18 nitrogen and oxygen atoms in total. The number of aryl methyl sites for hydroxylation is 3. The molecule has 24 heteroatoms. The number of aliphatic hydroxyl groups excluding tert-OH is 6. The Morgan fingerprint density at radius 2 is 0.800 bits per heavy atom. The SMILES string of the molecule is C/C(=C\c1csc(C)n1)[C@@H]1C/C=C(/C(F)(F)F)C/C=C/[C@H](C)[C@H](O)[C@@H](C)C(=O)C(C)(C)[C@@H](O)CC(=O)O1.C/C1=C/C[C@@H](/C(C)=C/c2csc(C)n2)OC(=O)C[C@H](O)C(C)(C)C(=O)[C@H](C)[C@@H](O)[C@@H](C)/C=C/C1.C/C1=C/C[C@@H](/C(C)=C/c2csc(C)n2)OC(=O)C[C@H](O)C(C)(C)C(=O)[C@H](C)[C@@H](O)[C@@H](C)CCC1. The third-order valence-corrected chi connectivity index (χ3v) is 22.9. The number of esters is 3. The molecule has 15 atom stereocenters. The predicted molar refractivity (Wildman–Crippen MR) is 409 cm³/mol. The number of ether oxygens (including phenoxy) is 3. The van der Waals surface area contributed by atoms with Crippen LogP contribution in [0.1, 0.15) is 220 Å². The molecule has 0 aliphatic carbocycles. The highest BCUT2D eigenvalue weighted by Gasteiger charge is 2.46. The number of rotatable bonds is 6. The van der Waals surface area contributed by atoms with Crippen LogP contribution in [0.4, 0.5) is 13.2 Å². The number of carbonyl (C=O) groups is 6. The average Bonchev–Trinajstić information content (AvgIpc) is 1.71. The Balaban J connectivity index is 0.000000334. The molecule has 0 bridgehead atoms. The Bertz CT molecular complexity index is 3680. The first kappa shape index (κ1) is 91.2. The van der Waals surface area contributed by atoms with Gasteiger partial charge in [-0.3, -0.25) is 28.8 Å². The molecule has 0 saturated carbocycles. The number of halogens is 3. The number of hydrogen-bond acceptors (Lipinski definition) is 21. The Hall–Kier alpha value is -6.22. The van der Waals surface area contributed by atoms with Crippen molar-refractivity contribution in [1.29, 1.82) is 0 Å². The molecule has 0 unspecified atom stereocenters. The van der Waals surface area contributed by atoms with Crippen molar-refractivity contribution < 1.29 is 86.8 Å². The molecule has 0 fully saturated rings. The lowest BCUT2D eigenvalue weighted by atomic mass is 9.73. The molecular formula is C81H116F3N3O15S3. The first-order chi connectivity index (χ1) is 48.7. The number of Topliss-reactive ketones (excluding diaryl/α,β-unsaturated/α-hetero) is 3. The Kier molecular flexibility index (Phi) is 35.4. The van der Waals surface area contributed by atoms with E-state index in [1.165, 1.54) is 49.8 Å². The lowest BCUT2D eigenvalue weighted by Crippen LogP contribution is -2.45. The van der Waals surface area contributed by atoms with Crippen LogP contribution in [0.15, 0.2) is 92.1 Å². The summed E-state index contributed by atoms with van der Waals surface area (Å²) in [5.41, 5.74) is 2.17. The quantitative estimate of drug-likeness (QED) is 0.0759. The number of hydrogen-bond donors (Lipinski definition) is 6. The van der Waals surface area contributed by atoms with Gasteiger partial charge in [-0.1, -0.05) is 137 Å². The highest BCUT2D eigenvalue weighted by molar-refractivity contribution is 7.10. The molecule has 3 aromatic rings. The fourth-order valence-corrected chi connectivity index (χ4v) is 14.3. The largest absolute Gasteiger partial charge is 0.457 e. The number of aliphatic hydroxyl groups is 6. The summed E-state index contributed by atoms with van der Waals surface area (Å²) in [5, 5.41) is 73.0. The predicted octanol–water partition coefficient (Wildman–Crippen LogP) is 15.9. The maximum atomic E-state index is 13.8. The van der Waals surface area contributed by atoms with Crippen LogP contribution >= 0.6 is 34.0 Å². The number of alkyl halides is 3. The molecule has 0 spiro atoms. The monoisotopic (exact) mass is 1520 g/mol. The number of aromatic nitrogens is 3. The summed E-state index contributed by atoms with van der Waals surface area (Å²) in [6, 6.07) is 0. The fraction of sp³-hybridized carbons (Fsp3) is 0.617. The lowest BCUT2D eigenvalue weighted by Gasteiger charge is -2.34. The first-order valence-corrected chi connectivity index (χ1v) is 38.8. The van der Waals surface area contributed by atoms with E-state index in [4.69, 9.17) is 14.2 Å². The van der Waals surface area contributed by atoms with E-state index in [1.54, 1.807) is 89.5 Å². The molecule has 6 heterocycles. The summed E-state index contributed by atoms with van der Waals surface area (Å²) in [4.78, 5) is 91.1. The minimum absolute atomic E-state index is 0.0444. The van der Waals surface area contributed by atoms with Crippen LogP contribution in [0.3, 0.4) is 0 Å². The zero-order chi connectivity index (χ0) is 79.4. The zero-order valence-electron chi connectivity index (χ0n) is 65.0. The molecule has 0 radical (unpaired) electrons. The molecule has 584 valence electrons. The van der Waals surface area contributed by atoms with Crippen LogP contribution in [0, 0.1) is 72.5 Å². The van der Waals surface area contributed by atoms with Gasteiger partial charge in [-0.05, 0) is 128 Å². The molecular weight excluding hydrogens is 1410 g/mol. The number of cyclic esters (lactones) is 3. The molecule has 6 N–H and O–H groups in total. The summed E-state index contributed by atoms with van der Waals surface area (Å²) < 4.78 is 58.4. The second kappa shape index (κ2) is 40.8. The van der Waals surface area contributed by atoms with Crippen molar-refractivity contribution in [2.24, 2.45) is 51.8 Å². The van der Waals surface area contributed by atoms with Gasteiger partial charge in [-0.2, -0.15) is 13.2 Å². The lowest BCUT2D eigenvalue weighted by molar-refractivity contribution is -0.155. The number of ketones is 3. The second-order valence-corrected chi connectivity index (χ2v) is 33.8. The van der Waals surface area contributed by atoms with Crippen molar-refractivity contribution >= 4 is 87.5 Å². The average molecular weight is 1530 g/mol. The van der Waals surface area contributed by atoms with Gasteiger partial charge in [-0.15, -0.1) is 34.0 Å². The van der Waals surface area contributed by atoms with E-state index in [-0.39, 0.29) is 42.7 Å². The summed E-state index contributed by atoms with van der Waals surface area (Å²) in [7, 11) is 0. The van der Waals surface area contributed by atoms with Crippen LogP contribution in [0.25, 0.3) is 18.2 Å². The summed E-state index contributed by atoms with van der Waals surface area (Å²) in [6.07, 6.45) is 6.42. The van der Waals surface area contributed by atoms with Crippen molar-refractivity contribution in [3.63, 3.8) is 0 Å². The van der Waals surface area contributed by atoms with E-state index in [0.29, 0.717) is 30.5 Å². The van der Waals surface area contributed by atoms with Crippen molar-refractivity contribution in [2.45, 2.75) is 270 Å². The summed E-state index contributed by atoms with van der Waals surface area (Å²) >= 11 is 4.53. The number of nitrogens with zero attached hydrogens (tertiary/aromatic N) is 3. The molecule has 3 aliphatic heterocycles. The smallest absolute Gasteiger partial charge is 0.412 e. The van der Waals surface area contributed by atoms with Crippen molar-refractivity contribution in [1.82, 2.24) is 15.0 Å². The van der Waals surface area contributed by atoms with E-state index in [9.17, 15) is 72.6 Å². The van der Waals surface area contributed by atoms with E-state index in [1.807, 2.05) is 96.5 Å². The van der Waals surface area contributed by atoms with Gasteiger partial charge in [0.05, 0.1) is 104 Å². The van der Waals surface area contributed by atoms with Gasteiger partial charge in [0.25, 0.3) is 0 Å². The van der Waals surface area contributed by atoms with Crippen molar-refractivity contribution in [3.8, 4) is 0 Å². The standard InChI is InChI=1S/C27H36F3NO5S.C27H41NO5S.C27H39NO5S/c1-15-8-7-9-19(27(28,29)30)10-11-21(16(2)12-20-14-37-18(4)31-20)36-23(33)13-22(32)26(5,6)25(35)17(3)24(15)34;2*1-16-9-8-10-17(2)25(31)19(4)26(32)27(6,7)23(29)14-24(30)33-22(12-11-16)18(3)13-21-15-34-20(5)28-21/h7-8,10,12,14-15,17,21-22,24,32,34H,9,11,13H2,1-6H3;11,13,15,17,19,22-23,25,29,31H,8-10,12,14H2,1-7H3;8,10-11,13,15,17,19,22-23,25,29,31H,9,12,14H2,1-7H3/b8-7+,16-12+,19-10+;16-11-,18-13+;10-8+,16-11-,18-13+/t15-,17+,21-,22-,24-;2*17-,19+,22-,23-,25-/m000/s1. The number of thiazole rings is 3.